The number of carbonyl (C=O) groups excluding carboxylic acids is 1. The van der Waals surface area contributed by atoms with Gasteiger partial charge in [-0.25, -0.2) is 18.3 Å². The summed E-state index contributed by atoms with van der Waals surface area (Å²) in [5.74, 6) is -0.640. The minimum Gasteiger partial charge on any atom is -0.489 e. The van der Waals surface area contributed by atoms with Crippen LogP contribution >= 0.6 is 11.6 Å². The van der Waals surface area contributed by atoms with Gasteiger partial charge in [-0.05, 0) is 32.4 Å². The van der Waals surface area contributed by atoms with E-state index in [0.717, 1.165) is 17.0 Å². The molecule has 3 aliphatic heterocycles. The Morgan fingerprint density at radius 2 is 2.05 bits per heavy atom. The van der Waals surface area contributed by atoms with Gasteiger partial charge in [0.2, 0.25) is 0 Å². The van der Waals surface area contributed by atoms with Gasteiger partial charge in [-0.1, -0.05) is 11.6 Å². The predicted octanol–water partition coefficient (Wildman–Crippen LogP) is 3.61. The Balaban J connectivity index is 1.23. The lowest BCUT2D eigenvalue weighted by molar-refractivity contribution is 0.0284. The molecule has 3 unspecified atom stereocenters. The Morgan fingerprint density at radius 3 is 2.81 bits per heavy atom. The van der Waals surface area contributed by atoms with Crippen molar-refractivity contribution < 1.29 is 23.4 Å². The first-order chi connectivity index (χ1) is 17.7. The van der Waals surface area contributed by atoms with Crippen LogP contribution in [-0.4, -0.2) is 72.9 Å². The Hall–Kier alpha value is -2.82. The molecule has 0 radical (unpaired) electrons. The number of carbonyl (C=O) groups is 1. The summed E-state index contributed by atoms with van der Waals surface area (Å²) in [6, 6.07) is 3.52. The van der Waals surface area contributed by atoms with Crippen molar-refractivity contribution in [2.45, 2.75) is 70.6 Å². The summed E-state index contributed by atoms with van der Waals surface area (Å²) in [7, 11) is 0. The van der Waals surface area contributed by atoms with Crippen LogP contribution in [0.2, 0.25) is 5.02 Å². The summed E-state index contributed by atoms with van der Waals surface area (Å²) < 4.78 is 36.7. The highest BCUT2D eigenvalue weighted by Gasteiger charge is 2.47. The molecule has 3 aromatic rings. The average Bonchev–Trinajstić information content (AvgIpc) is 3.47. The van der Waals surface area contributed by atoms with E-state index in [9.17, 15) is 18.7 Å². The van der Waals surface area contributed by atoms with Crippen molar-refractivity contribution in [2.24, 2.45) is 0 Å². The quantitative estimate of drug-likeness (QED) is 0.541. The second kappa shape index (κ2) is 9.18. The lowest BCUT2D eigenvalue weighted by Gasteiger charge is -2.38. The van der Waals surface area contributed by atoms with Crippen molar-refractivity contribution >= 4 is 23.2 Å². The van der Waals surface area contributed by atoms with Crippen molar-refractivity contribution in [1.82, 2.24) is 24.4 Å². The number of ether oxygens (including phenoxy) is 1. The molecule has 1 amide bonds. The van der Waals surface area contributed by atoms with E-state index in [2.05, 4.69) is 10.1 Å². The number of aryl methyl sites for hydroxylation is 2. The number of amides is 1. The number of piperidine rings is 1. The van der Waals surface area contributed by atoms with Gasteiger partial charge in [-0.3, -0.25) is 9.69 Å². The Morgan fingerprint density at radius 1 is 1.24 bits per heavy atom. The van der Waals surface area contributed by atoms with Crippen LogP contribution in [0.15, 0.2) is 18.2 Å². The molecule has 0 aliphatic carbocycles. The molecular formula is C26H28ClF2N5O3. The fourth-order valence-electron chi connectivity index (χ4n) is 6.15. The average molecular weight is 532 g/mol. The Labute approximate surface area is 217 Å². The molecule has 5 heterocycles. The number of halogens is 3. The fraction of sp³-hybridized carbons (Fsp3) is 0.500. The number of alkyl halides is 1. The first-order valence-electron chi connectivity index (χ1n) is 12.5. The number of fused-ring (bicyclic) bond motifs is 5. The first kappa shape index (κ1) is 24.5. The molecule has 2 saturated heterocycles. The van der Waals surface area contributed by atoms with Crippen molar-refractivity contribution in [3.05, 3.63) is 57.2 Å². The number of rotatable bonds is 5. The number of aromatic nitrogens is 3. The molecule has 4 atom stereocenters. The van der Waals surface area contributed by atoms with Crippen molar-refractivity contribution in [3.63, 3.8) is 0 Å². The van der Waals surface area contributed by atoms with Crippen LogP contribution in [0.4, 0.5) is 8.78 Å². The number of nitrogens with zero attached hydrogens (tertiary/aromatic N) is 5. The van der Waals surface area contributed by atoms with E-state index in [0.29, 0.717) is 48.7 Å². The Bertz CT molecular complexity index is 1400. The maximum Gasteiger partial charge on any atom is 0.258 e. The summed E-state index contributed by atoms with van der Waals surface area (Å²) in [4.78, 5) is 21.8. The third kappa shape index (κ3) is 4.06. The Kier molecular flexibility index (Phi) is 6.08. The minimum atomic E-state index is -0.989. The standard InChI is InChI=1S/C26H28ClF2N5O3/c1-13-24(27)14(2)34-25(30-13)19-11-32(12-21(19)31-34)26(36)18-4-3-15(28)7-23(18)37-17-8-16-9-20(29)22(10-17)33(16)5-6-35/h3-4,7,16-17,20,22,35H,5-6,8-12H2,1-2H3/t16?,17-,20?,22?/m0/s1. The molecule has 3 aliphatic rings. The zero-order valence-electron chi connectivity index (χ0n) is 20.6. The summed E-state index contributed by atoms with van der Waals surface area (Å²) >= 11 is 6.34. The van der Waals surface area contributed by atoms with Gasteiger partial charge in [0.05, 0.1) is 47.4 Å². The zero-order valence-corrected chi connectivity index (χ0v) is 21.4. The van der Waals surface area contributed by atoms with Gasteiger partial charge in [0, 0.05) is 43.1 Å². The second-order valence-corrected chi connectivity index (χ2v) is 10.6. The smallest absolute Gasteiger partial charge is 0.258 e. The zero-order chi connectivity index (χ0) is 26.0. The van der Waals surface area contributed by atoms with Crippen molar-refractivity contribution in [1.29, 1.82) is 0 Å². The molecule has 196 valence electrons. The maximum absolute atomic E-state index is 14.6. The monoisotopic (exact) mass is 531 g/mol. The largest absolute Gasteiger partial charge is 0.489 e. The van der Waals surface area contributed by atoms with E-state index in [-0.39, 0.29) is 48.6 Å². The van der Waals surface area contributed by atoms with Crippen LogP contribution in [-0.2, 0) is 13.1 Å². The van der Waals surface area contributed by atoms with E-state index in [1.807, 2.05) is 18.7 Å². The number of hydrogen-bond acceptors (Lipinski definition) is 6. The molecule has 8 nitrogen and oxygen atoms in total. The van der Waals surface area contributed by atoms with Gasteiger partial charge in [0.15, 0.2) is 5.65 Å². The molecule has 6 rings (SSSR count). The van der Waals surface area contributed by atoms with E-state index >= 15 is 0 Å². The number of hydrogen-bond donors (Lipinski definition) is 1. The fourth-order valence-corrected chi connectivity index (χ4v) is 6.27. The molecule has 2 fully saturated rings. The van der Waals surface area contributed by atoms with E-state index in [1.165, 1.54) is 18.2 Å². The number of aliphatic hydroxyl groups excluding tert-OH is 1. The topological polar surface area (TPSA) is 83.2 Å². The SMILES string of the molecule is Cc1nc2c3c(nn2c(C)c1Cl)CN(C(=O)c1ccc(F)cc1O[C@H]1CC2CC(F)C(C1)N2CCO)C3. The molecule has 0 spiro atoms. The van der Waals surface area contributed by atoms with Crippen LogP contribution in [0.25, 0.3) is 5.65 Å². The number of aliphatic hydroxyl groups is 1. The van der Waals surface area contributed by atoms with Gasteiger partial charge in [0.1, 0.15) is 23.8 Å². The molecule has 1 N–H and O–H groups in total. The lowest BCUT2D eigenvalue weighted by Crippen LogP contribution is -2.48. The maximum atomic E-state index is 14.6. The summed E-state index contributed by atoms with van der Waals surface area (Å²) in [5, 5.41) is 14.5. The molecule has 1 aromatic carbocycles. The minimum absolute atomic E-state index is 0.0292. The summed E-state index contributed by atoms with van der Waals surface area (Å²) in [6.45, 7) is 4.71. The third-order valence-electron chi connectivity index (χ3n) is 7.92. The van der Waals surface area contributed by atoms with Gasteiger partial charge in [0.25, 0.3) is 5.91 Å². The van der Waals surface area contributed by atoms with Crippen LogP contribution in [0.5, 0.6) is 5.75 Å². The third-order valence-corrected chi connectivity index (χ3v) is 8.47. The second-order valence-electron chi connectivity index (χ2n) is 10.2. The van der Waals surface area contributed by atoms with E-state index in [1.54, 1.807) is 9.42 Å². The van der Waals surface area contributed by atoms with Gasteiger partial charge in [-0.2, -0.15) is 5.10 Å². The number of benzene rings is 1. The van der Waals surface area contributed by atoms with E-state index < -0.39 is 12.0 Å². The first-order valence-corrected chi connectivity index (χ1v) is 12.9. The molecule has 37 heavy (non-hydrogen) atoms. The van der Waals surface area contributed by atoms with Crippen LogP contribution < -0.4 is 4.74 Å². The van der Waals surface area contributed by atoms with Crippen LogP contribution in [0.3, 0.4) is 0 Å². The summed E-state index contributed by atoms with van der Waals surface area (Å²) in [5.41, 5.74) is 4.03. The van der Waals surface area contributed by atoms with Gasteiger partial charge >= 0.3 is 0 Å². The van der Waals surface area contributed by atoms with E-state index in [4.69, 9.17) is 16.3 Å². The van der Waals surface area contributed by atoms with Crippen LogP contribution in [0, 0.1) is 19.7 Å². The van der Waals surface area contributed by atoms with Crippen molar-refractivity contribution in [3.8, 4) is 5.75 Å². The van der Waals surface area contributed by atoms with Gasteiger partial charge in [-0.15, -0.1) is 0 Å². The highest BCUT2D eigenvalue weighted by molar-refractivity contribution is 6.31. The molecule has 0 saturated carbocycles. The molecular weight excluding hydrogens is 504 g/mol. The predicted molar refractivity (Wildman–Crippen MR) is 132 cm³/mol. The van der Waals surface area contributed by atoms with Crippen molar-refractivity contribution in [2.75, 3.05) is 13.2 Å². The van der Waals surface area contributed by atoms with Gasteiger partial charge < -0.3 is 14.7 Å². The molecule has 2 bridgehead atoms. The molecule has 11 heteroatoms. The summed E-state index contributed by atoms with van der Waals surface area (Å²) in [6.07, 6.45) is 0.0313. The normalized spacial score (nSPS) is 25.2. The highest BCUT2D eigenvalue weighted by atomic mass is 35.5. The lowest BCUT2D eigenvalue weighted by atomic mass is 9.99. The molecule has 2 aromatic heterocycles. The van der Waals surface area contributed by atoms with Crippen LogP contribution in [0.1, 0.15) is 52.3 Å². The highest BCUT2D eigenvalue weighted by Crippen LogP contribution is 2.39.